The van der Waals surface area contributed by atoms with Gasteiger partial charge in [-0.15, -0.1) is 5.11 Å². The summed E-state index contributed by atoms with van der Waals surface area (Å²) in [6, 6.07) is 15.0. The highest BCUT2D eigenvalue weighted by Crippen LogP contribution is 2.23. The first-order valence-corrected chi connectivity index (χ1v) is 7.79. The van der Waals surface area contributed by atoms with Crippen molar-refractivity contribution in [3.63, 3.8) is 0 Å². The number of hydrogen-bond acceptors (Lipinski definition) is 5. The van der Waals surface area contributed by atoms with Gasteiger partial charge in [-0.05, 0) is 55.8 Å². The van der Waals surface area contributed by atoms with Gasteiger partial charge >= 0.3 is 0 Å². The molecule has 0 aliphatic heterocycles. The van der Waals surface area contributed by atoms with E-state index in [-0.39, 0.29) is 5.56 Å². The molecule has 0 bridgehead atoms. The Hall–Kier alpha value is -3.35. The predicted octanol–water partition coefficient (Wildman–Crippen LogP) is 5.16. The standard InChI is InChI=1S/C18H18N6O/c1-12-5-4-6-16(11-12)21-19-14-7-9-15(10-8-14)20-22-17-13(2)23-24(3)18(17)25/h4-11,23H,1-3H3. The number of benzene rings is 2. The summed E-state index contributed by atoms with van der Waals surface area (Å²) < 4.78 is 1.37. The summed E-state index contributed by atoms with van der Waals surface area (Å²) in [5, 5.41) is 19.4. The van der Waals surface area contributed by atoms with E-state index >= 15 is 0 Å². The molecule has 25 heavy (non-hydrogen) atoms. The van der Waals surface area contributed by atoms with Crippen LogP contribution in [0.4, 0.5) is 22.7 Å². The third-order valence-electron chi connectivity index (χ3n) is 3.60. The molecular formula is C18H18N6O. The number of azo groups is 2. The van der Waals surface area contributed by atoms with Crippen LogP contribution in [0.25, 0.3) is 0 Å². The Balaban J connectivity index is 1.74. The molecule has 0 amide bonds. The van der Waals surface area contributed by atoms with Gasteiger partial charge in [0.1, 0.15) is 0 Å². The van der Waals surface area contributed by atoms with E-state index < -0.39 is 0 Å². The molecule has 0 fully saturated rings. The summed E-state index contributed by atoms with van der Waals surface area (Å²) >= 11 is 0. The van der Waals surface area contributed by atoms with Gasteiger partial charge in [-0.3, -0.25) is 14.6 Å². The van der Waals surface area contributed by atoms with Crippen molar-refractivity contribution in [2.24, 2.45) is 27.5 Å². The Bertz CT molecular complexity index is 995. The average molecular weight is 334 g/mol. The van der Waals surface area contributed by atoms with Gasteiger partial charge in [0.05, 0.1) is 22.8 Å². The maximum atomic E-state index is 11.9. The minimum atomic E-state index is -0.204. The minimum Gasteiger partial charge on any atom is -0.298 e. The lowest BCUT2D eigenvalue weighted by Crippen LogP contribution is -2.10. The van der Waals surface area contributed by atoms with Crippen molar-refractivity contribution in [3.05, 3.63) is 70.1 Å². The van der Waals surface area contributed by atoms with Crippen molar-refractivity contribution in [1.29, 1.82) is 0 Å². The van der Waals surface area contributed by atoms with Gasteiger partial charge in [-0.2, -0.15) is 15.3 Å². The Morgan fingerprint density at radius 2 is 1.44 bits per heavy atom. The first kappa shape index (κ1) is 16.5. The molecule has 0 aliphatic carbocycles. The van der Waals surface area contributed by atoms with Crippen LogP contribution in [0.15, 0.2) is 73.8 Å². The van der Waals surface area contributed by atoms with Crippen molar-refractivity contribution in [1.82, 2.24) is 9.78 Å². The minimum absolute atomic E-state index is 0.204. The normalized spacial score (nSPS) is 11.6. The van der Waals surface area contributed by atoms with Crippen LogP contribution in [-0.2, 0) is 7.05 Å². The quantitative estimate of drug-likeness (QED) is 0.656. The molecule has 0 unspecified atom stereocenters. The SMILES string of the molecule is Cc1cccc(N=Nc2ccc(N=Nc3c(C)[nH]n(C)c3=O)cc2)c1. The molecule has 0 aliphatic rings. The Labute approximate surface area is 144 Å². The third kappa shape index (κ3) is 3.95. The van der Waals surface area contributed by atoms with Crippen molar-refractivity contribution < 1.29 is 0 Å². The fourth-order valence-corrected chi connectivity index (χ4v) is 2.29. The summed E-state index contributed by atoms with van der Waals surface area (Å²) in [7, 11) is 1.64. The second kappa shape index (κ2) is 7.04. The van der Waals surface area contributed by atoms with E-state index in [0.29, 0.717) is 22.8 Å². The number of aromatic nitrogens is 2. The van der Waals surface area contributed by atoms with E-state index in [4.69, 9.17) is 0 Å². The van der Waals surface area contributed by atoms with Crippen molar-refractivity contribution in [3.8, 4) is 0 Å². The van der Waals surface area contributed by atoms with Crippen LogP contribution in [0, 0.1) is 13.8 Å². The maximum absolute atomic E-state index is 11.9. The summed E-state index contributed by atoms with van der Waals surface area (Å²) in [5.41, 5.74) is 4.09. The van der Waals surface area contributed by atoms with E-state index in [0.717, 1.165) is 11.3 Å². The highest BCUT2D eigenvalue weighted by atomic mass is 16.1. The molecule has 0 atom stereocenters. The van der Waals surface area contributed by atoms with Gasteiger partial charge in [-0.1, -0.05) is 12.1 Å². The van der Waals surface area contributed by atoms with Crippen molar-refractivity contribution >= 4 is 22.7 Å². The van der Waals surface area contributed by atoms with E-state index in [1.165, 1.54) is 4.68 Å². The fraction of sp³-hybridized carbons (Fsp3) is 0.167. The van der Waals surface area contributed by atoms with E-state index in [1.54, 1.807) is 38.2 Å². The molecule has 7 heteroatoms. The lowest BCUT2D eigenvalue weighted by Gasteiger charge is -1.96. The van der Waals surface area contributed by atoms with Crippen LogP contribution < -0.4 is 5.56 Å². The monoisotopic (exact) mass is 334 g/mol. The number of nitrogens with one attached hydrogen (secondary N) is 1. The molecule has 0 saturated carbocycles. The van der Waals surface area contributed by atoms with Gasteiger partial charge in [0.15, 0.2) is 5.69 Å². The number of hydrogen-bond donors (Lipinski definition) is 1. The Morgan fingerprint density at radius 1 is 0.840 bits per heavy atom. The van der Waals surface area contributed by atoms with E-state index in [2.05, 4.69) is 25.6 Å². The summed E-state index contributed by atoms with van der Waals surface area (Å²) in [6.45, 7) is 3.79. The highest BCUT2D eigenvalue weighted by Gasteiger charge is 2.07. The van der Waals surface area contributed by atoms with Crippen LogP contribution in [0.5, 0.6) is 0 Å². The van der Waals surface area contributed by atoms with Gasteiger partial charge < -0.3 is 0 Å². The molecule has 7 nitrogen and oxygen atoms in total. The van der Waals surface area contributed by atoms with E-state index in [9.17, 15) is 4.79 Å². The average Bonchev–Trinajstić information content (AvgIpc) is 2.84. The van der Waals surface area contributed by atoms with Crippen LogP contribution in [0.2, 0.25) is 0 Å². The molecule has 2 aromatic carbocycles. The zero-order chi connectivity index (χ0) is 17.8. The smallest absolute Gasteiger partial charge is 0.294 e. The molecule has 126 valence electrons. The molecule has 1 aromatic heterocycles. The molecular weight excluding hydrogens is 316 g/mol. The Morgan fingerprint density at radius 3 is 2.00 bits per heavy atom. The molecule has 3 rings (SSSR count). The van der Waals surface area contributed by atoms with E-state index in [1.807, 2.05) is 31.2 Å². The van der Waals surface area contributed by atoms with Crippen molar-refractivity contribution in [2.75, 3.05) is 0 Å². The lowest BCUT2D eigenvalue weighted by molar-refractivity contribution is 0.731. The topological polar surface area (TPSA) is 87.2 Å². The molecule has 0 radical (unpaired) electrons. The van der Waals surface area contributed by atoms with Crippen LogP contribution in [-0.4, -0.2) is 9.78 Å². The number of aryl methyl sites for hydroxylation is 3. The summed E-state index contributed by atoms with van der Waals surface area (Å²) in [6.07, 6.45) is 0. The molecule has 1 N–H and O–H groups in total. The van der Waals surface area contributed by atoms with Crippen LogP contribution in [0.3, 0.4) is 0 Å². The zero-order valence-electron chi connectivity index (χ0n) is 14.3. The zero-order valence-corrected chi connectivity index (χ0v) is 14.3. The first-order valence-electron chi connectivity index (χ1n) is 7.79. The molecule has 0 saturated heterocycles. The number of aromatic amines is 1. The number of nitrogens with zero attached hydrogens (tertiary/aromatic N) is 5. The maximum Gasteiger partial charge on any atom is 0.294 e. The number of rotatable bonds is 4. The first-order chi connectivity index (χ1) is 12.0. The number of H-pyrrole nitrogens is 1. The lowest BCUT2D eigenvalue weighted by atomic mass is 10.2. The third-order valence-corrected chi connectivity index (χ3v) is 3.60. The largest absolute Gasteiger partial charge is 0.298 e. The fourth-order valence-electron chi connectivity index (χ4n) is 2.29. The van der Waals surface area contributed by atoms with Crippen LogP contribution in [0.1, 0.15) is 11.3 Å². The summed E-state index contributed by atoms with van der Waals surface area (Å²) in [4.78, 5) is 11.9. The van der Waals surface area contributed by atoms with Gasteiger partial charge in [0.25, 0.3) is 5.56 Å². The van der Waals surface area contributed by atoms with Gasteiger partial charge in [0.2, 0.25) is 0 Å². The van der Waals surface area contributed by atoms with Gasteiger partial charge in [-0.25, -0.2) is 0 Å². The summed E-state index contributed by atoms with van der Waals surface area (Å²) in [5.74, 6) is 0. The van der Waals surface area contributed by atoms with Crippen molar-refractivity contribution in [2.45, 2.75) is 13.8 Å². The Kier molecular flexibility index (Phi) is 4.65. The highest BCUT2D eigenvalue weighted by molar-refractivity contribution is 5.48. The second-order valence-electron chi connectivity index (χ2n) is 5.70. The van der Waals surface area contributed by atoms with Gasteiger partial charge in [0, 0.05) is 7.05 Å². The predicted molar refractivity (Wildman–Crippen MR) is 96.7 cm³/mol. The molecule has 1 heterocycles. The second-order valence-corrected chi connectivity index (χ2v) is 5.70. The molecule has 0 spiro atoms. The molecule has 3 aromatic rings. The van der Waals surface area contributed by atoms with Crippen LogP contribution >= 0.6 is 0 Å².